The van der Waals surface area contributed by atoms with Crippen molar-refractivity contribution in [1.29, 1.82) is 0 Å². The van der Waals surface area contributed by atoms with Crippen LogP contribution in [0.1, 0.15) is 49.0 Å². The average Bonchev–Trinajstić information content (AvgIpc) is 3.22. The van der Waals surface area contributed by atoms with E-state index in [-0.39, 0.29) is 11.7 Å². The number of ether oxygens (including phenoxy) is 2. The van der Waals surface area contributed by atoms with E-state index in [1.165, 1.54) is 26.5 Å². The lowest BCUT2D eigenvalue weighted by molar-refractivity contribution is 0.0418. The summed E-state index contributed by atoms with van der Waals surface area (Å²) in [6.45, 7) is 6.76. The Morgan fingerprint density at radius 1 is 1.31 bits per heavy atom. The Bertz CT molecular complexity index is 693. The van der Waals surface area contributed by atoms with Gasteiger partial charge in [-0.1, -0.05) is 11.6 Å². The van der Waals surface area contributed by atoms with Crippen molar-refractivity contribution in [1.82, 2.24) is 4.90 Å². The van der Waals surface area contributed by atoms with Gasteiger partial charge in [-0.3, -0.25) is 4.90 Å². The molecule has 0 aliphatic carbocycles. The number of esters is 1. The second-order valence-corrected chi connectivity index (χ2v) is 7.56. The molecule has 2 heterocycles. The number of methoxy groups -OCH3 is 1. The molecule has 0 amide bonds. The fourth-order valence-corrected chi connectivity index (χ4v) is 4.06. The SMILES string of the molecule is COc1cc(C(=O)OC[C@H]2CCN3CCC[C@H]23)cc(CC=C(C)C)c1O. The summed E-state index contributed by atoms with van der Waals surface area (Å²) in [4.78, 5) is 15.1. The van der Waals surface area contributed by atoms with Gasteiger partial charge in [0.25, 0.3) is 0 Å². The van der Waals surface area contributed by atoms with E-state index in [1.807, 2.05) is 19.9 Å². The second kappa shape index (κ2) is 8.12. The van der Waals surface area contributed by atoms with Gasteiger partial charge in [-0.2, -0.15) is 0 Å². The van der Waals surface area contributed by atoms with Crippen molar-refractivity contribution in [3.05, 3.63) is 34.9 Å². The number of carbonyl (C=O) groups is 1. The molecular formula is C21H29NO4. The Kier molecular flexibility index (Phi) is 5.87. The molecule has 2 aliphatic rings. The molecular weight excluding hydrogens is 330 g/mol. The Balaban J connectivity index is 1.69. The van der Waals surface area contributed by atoms with Crippen LogP contribution < -0.4 is 4.74 Å². The van der Waals surface area contributed by atoms with Crippen molar-refractivity contribution in [2.75, 3.05) is 26.8 Å². The largest absolute Gasteiger partial charge is 0.504 e. The van der Waals surface area contributed by atoms with Gasteiger partial charge in [0.15, 0.2) is 11.5 Å². The molecule has 0 spiro atoms. The molecule has 0 saturated carbocycles. The van der Waals surface area contributed by atoms with Gasteiger partial charge in [0.1, 0.15) is 0 Å². The number of carbonyl (C=O) groups excluding carboxylic acids is 1. The molecule has 0 radical (unpaired) electrons. The number of aromatic hydroxyl groups is 1. The first-order chi connectivity index (χ1) is 12.5. The molecule has 5 nitrogen and oxygen atoms in total. The molecule has 2 aliphatic heterocycles. The van der Waals surface area contributed by atoms with E-state index >= 15 is 0 Å². The monoisotopic (exact) mass is 359 g/mol. The maximum absolute atomic E-state index is 12.6. The van der Waals surface area contributed by atoms with Crippen LogP contribution >= 0.6 is 0 Å². The van der Waals surface area contributed by atoms with Crippen LogP contribution in [0.5, 0.6) is 11.5 Å². The topological polar surface area (TPSA) is 59.0 Å². The number of rotatable bonds is 6. The van der Waals surface area contributed by atoms with Crippen LogP contribution in [0.25, 0.3) is 0 Å². The zero-order chi connectivity index (χ0) is 18.7. The molecule has 5 heteroatoms. The fraction of sp³-hybridized carbons (Fsp3) is 0.571. The molecule has 1 N–H and O–H groups in total. The normalized spacial score (nSPS) is 22.1. The predicted molar refractivity (Wildman–Crippen MR) is 101 cm³/mol. The van der Waals surface area contributed by atoms with Gasteiger partial charge in [0, 0.05) is 17.5 Å². The highest BCUT2D eigenvalue weighted by atomic mass is 16.5. The van der Waals surface area contributed by atoms with E-state index in [9.17, 15) is 9.90 Å². The van der Waals surface area contributed by atoms with Gasteiger partial charge in [-0.15, -0.1) is 0 Å². The van der Waals surface area contributed by atoms with E-state index in [0.29, 0.717) is 41.9 Å². The highest BCUT2D eigenvalue weighted by molar-refractivity contribution is 5.90. The molecule has 26 heavy (non-hydrogen) atoms. The number of allylic oxidation sites excluding steroid dienone is 2. The van der Waals surface area contributed by atoms with Gasteiger partial charge in [-0.05, 0) is 64.8 Å². The highest BCUT2D eigenvalue weighted by Gasteiger charge is 2.37. The summed E-state index contributed by atoms with van der Waals surface area (Å²) >= 11 is 0. The zero-order valence-corrected chi connectivity index (χ0v) is 16.0. The molecule has 1 aromatic rings. The van der Waals surface area contributed by atoms with Crippen molar-refractivity contribution in [3.8, 4) is 11.5 Å². The summed E-state index contributed by atoms with van der Waals surface area (Å²) in [6.07, 6.45) is 6.12. The zero-order valence-electron chi connectivity index (χ0n) is 16.0. The maximum Gasteiger partial charge on any atom is 0.338 e. The van der Waals surface area contributed by atoms with Crippen LogP contribution in [0.3, 0.4) is 0 Å². The minimum Gasteiger partial charge on any atom is -0.504 e. The minimum atomic E-state index is -0.349. The van der Waals surface area contributed by atoms with Crippen LogP contribution in [-0.2, 0) is 11.2 Å². The van der Waals surface area contributed by atoms with E-state index in [4.69, 9.17) is 9.47 Å². The summed E-state index contributed by atoms with van der Waals surface area (Å²) in [5.41, 5.74) is 2.25. The van der Waals surface area contributed by atoms with Gasteiger partial charge < -0.3 is 14.6 Å². The number of hydrogen-bond donors (Lipinski definition) is 1. The van der Waals surface area contributed by atoms with Gasteiger partial charge in [-0.25, -0.2) is 4.79 Å². The Morgan fingerprint density at radius 3 is 2.85 bits per heavy atom. The van der Waals surface area contributed by atoms with Crippen molar-refractivity contribution in [3.63, 3.8) is 0 Å². The van der Waals surface area contributed by atoms with Crippen LogP contribution in [-0.4, -0.2) is 48.8 Å². The number of phenols is 1. The van der Waals surface area contributed by atoms with Crippen LogP contribution in [0.15, 0.2) is 23.8 Å². The molecule has 0 bridgehead atoms. The predicted octanol–water partition coefficient (Wildman–Crippen LogP) is 3.55. The maximum atomic E-state index is 12.6. The van der Waals surface area contributed by atoms with Crippen LogP contribution in [0.2, 0.25) is 0 Å². The van der Waals surface area contributed by atoms with E-state index < -0.39 is 0 Å². The van der Waals surface area contributed by atoms with Gasteiger partial charge in [0.05, 0.1) is 19.3 Å². The third-order valence-electron chi connectivity index (χ3n) is 5.51. The molecule has 3 rings (SSSR count). The van der Waals surface area contributed by atoms with Crippen LogP contribution in [0.4, 0.5) is 0 Å². The summed E-state index contributed by atoms with van der Waals surface area (Å²) in [7, 11) is 1.49. The number of hydrogen-bond acceptors (Lipinski definition) is 5. The highest BCUT2D eigenvalue weighted by Crippen LogP contribution is 2.34. The molecule has 2 saturated heterocycles. The third-order valence-corrected chi connectivity index (χ3v) is 5.51. The number of phenolic OH excluding ortho intramolecular Hbond substituents is 1. The molecule has 142 valence electrons. The lowest BCUT2D eigenvalue weighted by Crippen LogP contribution is -2.28. The number of nitrogens with zero attached hydrogens (tertiary/aromatic N) is 1. The quantitative estimate of drug-likeness (QED) is 0.622. The summed E-state index contributed by atoms with van der Waals surface area (Å²) in [5.74, 6) is 0.474. The van der Waals surface area contributed by atoms with E-state index in [0.717, 1.165) is 18.5 Å². The number of benzene rings is 1. The summed E-state index contributed by atoms with van der Waals surface area (Å²) in [5, 5.41) is 10.3. The smallest absolute Gasteiger partial charge is 0.338 e. The van der Waals surface area contributed by atoms with Crippen molar-refractivity contribution < 1.29 is 19.4 Å². The molecule has 0 aromatic heterocycles. The molecule has 2 atom stereocenters. The van der Waals surface area contributed by atoms with Crippen molar-refractivity contribution in [2.24, 2.45) is 5.92 Å². The lowest BCUT2D eigenvalue weighted by atomic mass is 9.99. The Hall–Kier alpha value is -2.01. The van der Waals surface area contributed by atoms with Crippen molar-refractivity contribution in [2.45, 2.75) is 45.6 Å². The standard InChI is InChI=1S/C21H29NO4/c1-14(2)6-7-15-11-17(12-19(25-3)20(15)23)21(24)26-13-16-8-10-22-9-4-5-18(16)22/h6,11-12,16,18,23H,4-5,7-10,13H2,1-3H3/t16-,18-/m1/s1. The van der Waals surface area contributed by atoms with Gasteiger partial charge in [0.2, 0.25) is 0 Å². The fourth-order valence-electron chi connectivity index (χ4n) is 4.06. The summed E-state index contributed by atoms with van der Waals surface area (Å²) < 4.78 is 10.9. The average molecular weight is 359 g/mol. The second-order valence-electron chi connectivity index (χ2n) is 7.56. The minimum absolute atomic E-state index is 0.0824. The third kappa shape index (κ3) is 4.04. The van der Waals surface area contributed by atoms with Crippen molar-refractivity contribution >= 4 is 5.97 Å². The molecule has 0 unspecified atom stereocenters. The van der Waals surface area contributed by atoms with Gasteiger partial charge >= 0.3 is 5.97 Å². The summed E-state index contributed by atoms with van der Waals surface area (Å²) in [6, 6.07) is 3.83. The first kappa shape index (κ1) is 18.8. The van der Waals surface area contributed by atoms with E-state index in [2.05, 4.69) is 4.90 Å². The van der Waals surface area contributed by atoms with E-state index in [1.54, 1.807) is 12.1 Å². The number of fused-ring (bicyclic) bond motifs is 1. The van der Waals surface area contributed by atoms with Crippen LogP contribution in [0, 0.1) is 5.92 Å². The first-order valence-electron chi connectivity index (χ1n) is 9.44. The molecule has 1 aromatic carbocycles. The first-order valence-corrected chi connectivity index (χ1v) is 9.44. The Morgan fingerprint density at radius 2 is 2.12 bits per heavy atom. The Labute approximate surface area is 155 Å². The molecule has 2 fully saturated rings. The lowest BCUT2D eigenvalue weighted by Gasteiger charge is -2.20.